The van der Waals surface area contributed by atoms with E-state index in [2.05, 4.69) is 10.2 Å². The van der Waals surface area contributed by atoms with Gasteiger partial charge in [0.25, 0.3) is 11.5 Å². The Bertz CT molecular complexity index is 975. The summed E-state index contributed by atoms with van der Waals surface area (Å²) in [5.41, 5.74) is 0.322. The van der Waals surface area contributed by atoms with Crippen molar-refractivity contribution in [2.45, 2.75) is 19.6 Å². The van der Waals surface area contributed by atoms with Crippen LogP contribution in [0.25, 0.3) is 0 Å². The zero-order valence-electron chi connectivity index (χ0n) is 15.9. The minimum atomic E-state index is -1.06. The first-order valence-corrected chi connectivity index (χ1v) is 9.15. The number of nitrogens with zero attached hydrogens (tertiary/aromatic N) is 2. The predicted molar refractivity (Wildman–Crippen MR) is 105 cm³/mol. The Morgan fingerprint density at radius 2 is 1.86 bits per heavy atom. The van der Waals surface area contributed by atoms with E-state index in [1.807, 2.05) is 17.1 Å². The van der Waals surface area contributed by atoms with E-state index in [4.69, 9.17) is 9.47 Å². The monoisotopic (exact) mass is 402 g/mol. The van der Waals surface area contributed by atoms with Crippen LogP contribution in [0.3, 0.4) is 0 Å². The normalized spacial score (nSPS) is 14.9. The molecule has 2 aromatic rings. The maximum Gasteiger partial charge on any atom is 0.328 e. The van der Waals surface area contributed by atoms with Crippen LogP contribution in [0.1, 0.15) is 6.92 Å². The number of morpholine rings is 1. The van der Waals surface area contributed by atoms with E-state index in [9.17, 15) is 19.2 Å². The van der Waals surface area contributed by atoms with Crippen LogP contribution in [0.4, 0.5) is 11.4 Å². The van der Waals surface area contributed by atoms with Crippen molar-refractivity contribution in [3.8, 4) is 0 Å². The minimum absolute atomic E-state index is 0.415. The molecule has 29 heavy (non-hydrogen) atoms. The van der Waals surface area contributed by atoms with E-state index in [1.54, 1.807) is 12.1 Å². The first kappa shape index (κ1) is 20.3. The fourth-order valence-electron chi connectivity index (χ4n) is 2.82. The van der Waals surface area contributed by atoms with Gasteiger partial charge in [-0.2, -0.15) is 0 Å². The molecule has 1 aliphatic heterocycles. The average Bonchev–Trinajstić information content (AvgIpc) is 2.71. The lowest BCUT2D eigenvalue weighted by Crippen LogP contribution is -2.36. The number of carbonyl (C=O) groups excluding carboxylic acids is 2. The Kier molecular flexibility index (Phi) is 6.45. The number of H-pyrrole nitrogens is 1. The summed E-state index contributed by atoms with van der Waals surface area (Å²) in [6.07, 6.45) is 0.128. The number of ether oxygens (including phenoxy) is 2. The van der Waals surface area contributed by atoms with Gasteiger partial charge in [-0.3, -0.25) is 23.9 Å². The second-order valence-electron chi connectivity index (χ2n) is 6.51. The molecule has 10 heteroatoms. The SMILES string of the molecule is C[C@@H](OC(=O)Cn1ccc(=O)[nH]c1=O)C(=O)Nc1ccc(N2CCOCC2)cc1. The molecule has 1 aromatic heterocycles. The average molecular weight is 402 g/mol. The summed E-state index contributed by atoms with van der Waals surface area (Å²) in [4.78, 5) is 51.1. The van der Waals surface area contributed by atoms with Gasteiger partial charge in [-0.25, -0.2) is 4.79 Å². The minimum Gasteiger partial charge on any atom is -0.451 e. The van der Waals surface area contributed by atoms with Gasteiger partial charge >= 0.3 is 11.7 Å². The van der Waals surface area contributed by atoms with Crippen molar-refractivity contribution in [3.05, 3.63) is 57.4 Å². The zero-order chi connectivity index (χ0) is 20.8. The summed E-state index contributed by atoms with van der Waals surface area (Å²) in [5, 5.41) is 2.68. The van der Waals surface area contributed by atoms with E-state index in [0.717, 1.165) is 29.4 Å². The predicted octanol–water partition coefficient (Wildman–Crippen LogP) is -0.0564. The molecule has 0 radical (unpaired) electrons. The number of amides is 1. The Balaban J connectivity index is 1.52. The summed E-state index contributed by atoms with van der Waals surface area (Å²) in [6, 6.07) is 8.47. The molecule has 0 saturated carbocycles. The Hall–Kier alpha value is -3.40. The third-order valence-corrected chi connectivity index (χ3v) is 4.38. The molecule has 1 fully saturated rings. The van der Waals surface area contributed by atoms with Gasteiger partial charge in [0.15, 0.2) is 6.10 Å². The largest absolute Gasteiger partial charge is 0.451 e. The van der Waals surface area contributed by atoms with Crippen LogP contribution in [-0.2, 0) is 25.6 Å². The number of benzene rings is 1. The standard InChI is InChI=1S/C19H22N4O6/c1-13(29-17(25)12-23-7-6-16(24)21-19(23)27)18(26)20-14-2-4-15(5-3-14)22-8-10-28-11-9-22/h2-7,13H,8-12H2,1H3,(H,20,26)(H,21,24,27)/t13-/m1/s1. The van der Waals surface area contributed by atoms with Crippen molar-refractivity contribution in [3.63, 3.8) is 0 Å². The summed E-state index contributed by atoms with van der Waals surface area (Å²) in [7, 11) is 0. The summed E-state index contributed by atoms with van der Waals surface area (Å²) >= 11 is 0. The van der Waals surface area contributed by atoms with E-state index in [-0.39, 0.29) is 0 Å². The molecule has 2 heterocycles. The van der Waals surface area contributed by atoms with Crippen LogP contribution in [0, 0.1) is 0 Å². The number of aromatic amines is 1. The van der Waals surface area contributed by atoms with Crippen molar-refractivity contribution < 1.29 is 19.1 Å². The maximum atomic E-state index is 12.3. The van der Waals surface area contributed by atoms with Crippen LogP contribution < -0.4 is 21.5 Å². The van der Waals surface area contributed by atoms with Crippen molar-refractivity contribution >= 4 is 23.3 Å². The smallest absolute Gasteiger partial charge is 0.328 e. The van der Waals surface area contributed by atoms with E-state index >= 15 is 0 Å². The highest BCUT2D eigenvalue weighted by molar-refractivity contribution is 5.95. The van der Waals surface area contributed by atoms with Gasteiger partial charge in [-0.15, -0.1) is 0 Å². The number of rotatable bonds is 6. The fraction of sp³-hybridized carbons (Fsp3) is 0.368. The van der Waals surface area contributed by atoms with Crippen molar-refractivity contribution in [1.82, 2.24) is 9.55 Å². The molecule has 1 amide bonds. The lowest BCUT2D eigenvalue weighted by molar-refractivity contribution is -0.153. The molecule has 0 unspecified atom stereocenters. The molecule has 0 spiro atoms. The molecular formula is C19H22N4O6. The molecule has 0 aliphatic carbocycles. The fourth-order valence-corrected chi connectivity index (χ4v) is 2.82. The lowest BCUT2D eigenvalue weighted by atomic mass is 10.2. The highest BCUT2D eigenvalue weighted by atomic mass is 16.5. The number of aromatic nitrogens is 2. The van der Waals surface area contributed by atoms with Crippen LogP contribution in [0.2, 0.25) is 0 Å². The number of nitrogens with one attached hydrogen (secondary N) is 2. The van der Waals surface area contributed by atoms with Crippen LogP contribution in [-0.4, -0.2) is 53.8 Å². The van der Waals surface area contributed by atoms with Gasteiger partial charge in [0.1, 0.15) is 6.54 Å². The summed E-state index contributed by atoms with van der Waals surface area (Å²) in [5.74, 6) is -1.27. The topological polar surface area (TPSA) is 123 Å². The summed E-state index contributed by atoms with van der Waals surface area (Å²) < 4.78 is 11.4. The molecule has 1 atom stereocenters. The van der Waals surface area contributed by atoms with Gasteiger partial charge in [0.05, 0.1) is 13.2 Å². The third-order valence-electron chi connectivity index (χ3n) is 4.38. The Labute approximate surface area is 166 Å². The van der Waals surface area contributed by atoms with Gasteiger partial charge in [0.2, 0.25) is 0 Å². The molecule has 1 aromatic carbocycles. The van der Waals surface area contributed by atoms with E-state index < -0.39 is 35.8 Å². The number of hydrogen-bond acceptors (Lipinski definition) is 7. The first-order valence-electron chi connectivity index (χ1n) is 9.15. The van der Waals surface area contributed by atoms with Gasteiger partial charge in [-0.05, 0) is 31.2 Å². The molecule has 154 valence electrons. The highest BCUT2D eigenvalue weighted by Crippen LogP contribution is 2.19. The molecule has 10 nitrogen and oxygen atoms in total. The second kappa shape index (κ2) is 9.20. The molecule has 1 aliphatic rings. The Morgan fingerprint density at radius 3 is 2.52 bits per heavy atom. The first-order chi connectivity index (χ1) is 13.9. The highest BCUT2D eigenvalue weighted by Gasteiger charge is 2.19. The van der Waals surface area contributed by atoms with Crippen LogP contribution >= 0.6 is 0 Å². The number of anilines is 2. The second-order valence-corrected chi connectivity index (χ2v) is 6.51. The Morgan fingerprint density at radius 1 is 1.17 bits per heavy atom. The van der Waals surface area contributed by atoms with Crippen molar-refractivity contribution in [2.24, 2.45) is 0 Å². The molecular weight excluding hydrogens is 380 g/mol. The van der Waals surface area contributed by atoms with Crippen LogP contribution in [0.15, 0.2) is 46.1 Å². The molecule has 0 bridgehead atoms. The lowest BCUT2D eigenvalue weighted by Gasteiger charge is -2.28. The van der Waals surface area contributed by atoms with E-state index in [0.29, 0.717) is 18.9 Å². The number of hydrogen-bond donors (Lipinski definition) is 2. The van der Waals surface area contributed by atoms with Gasteiger partial charge < -0.3 is 19.7 Å². The molecule has 2 N–H and O–H groups in total. The van der Waals surface area contributed by atoms with Crippen LogP contribution in [0.5, 0.6) is 0 Å². The zero-order valence-corrected chi connectivity index (χ0v) is 15.9. The number of esters is 1. The maximum absolute atomic E-state index is 12.3. The quantitative estimate of drug-likeness (QED) is 0.649. The molecule has 3 rings (SSSR count). The van der Waals surface area contributed by atoms with Gasteiger partial charge in [-0.1, -0.05) is 0 Å². The third kappa shape index (κ3) is 5.55. The van der Waals surface area contributed by atoms with E-state index in [1.165, 1.54) is 13.1 Å². The van der Waals surface area contributed by atoms with Crippen molar-refractivity contribution in [2.75, 3.05) is 36.5 Å². The molecule has 1 saturated heterocycles. The van der Waals surface area contributed by atoms with Gasteiger partial charge in [0, 0.05) is 36.7 Å². The summed E-state index contributed by atoms with van der Waals surface area (Å²) in [6.45, 7) is 4.03. The number of carbonyl (C=O) groups is 2. The van der Waals surface area contributed by atoms with Crippen molar-refractivity contribution in [1.29, 1.82) is 0 Å².